The van der Waals surface area contributed by atoms with Crippen molar-refractivity contribution in [3.63, 3.8) is 0 Å². The van der Waals surface area contributed by atoms with Gasteiger partial charge in [0.1, 0.15) is 0 Å². The molecule has 0 aromatic heterocycles. The number of carbonyl (C=O) groups excluding carboxylic acids is 1. The van der Waals surface area contributed by atoms with E-state index in [4.69, 9.17) is 0 Å². The lowest BCUT2D eigenvalue weighted by molar-refractivity contribution is -0.114. The van der Waals surface area contributed by atoms with Crippen LogP contribution in [-0.2, 0) is 9.36 Å². The Kier molecular flexibility index (Phi) is 6.34. The highest BCUT2D eigenvalue weighted by molar-refractivity contribution is 7.87. The van der Waals surface area contributed by atoms with Crippen molar-refractivity contribution in [1.82, 2.24) is 0 Å². The molecule has 0 aliphatic heterocycles. The fourth-order valence-electron chi connectivity index (χ4n) is 3.22. The van der Waals surface area contributed by atoms with E-state index in [2.05, 4.69) is 11.0 Å². The van der Waals surface area contributed by atoms with Gasteiger partial charge in [-0.25, -0.2) is 0 Å². The Bertz CT molecular complexity index is 1080. The molecular weight excluding hydrogens is 377 g/mol. The predicted molar refractivity (Wildman–Crippen MR) is 122 cm³/mol. The summed E-state index contributed by atoms with van der Waals surface area (Å²) in [5.74, 6) is -0.178. The van der Waals surface area contributed by atoms with E-state index in [1.807, 2.05) is 98.8 Å². The minimum Gasteiger partial charge on any atom is -0.326 e. The van der Waals surface area contributed by atoms with Crippen LogP contribution in [0, 0.1) is 0 Å². The number of amides is 1. The molecule has 0 atom stereocenters. The van der Waals surface area contributed by atoms with Crippen LogP contribution in [0.25, 0.3) is 5.31 Å². The minimum atomic E-state index is -3.25. The topological polar surface area (TPSA) is 46.2 Å². The molecule has 3 rings (SSSR count). The summed E-state index contributed by atoms with van der Waals surface area (Å²) in [5, 5.41) is 4.91. The second-order valence-electron chi connectivity index (χ2n) is 6.98. The van der Waals surface area contributed by atoms with Gasteiger partial charge in [0.05, 0.1) is 5.31 Å². The van der Waals surface area contributed by atoms with Crippen LogP contribution in [0.2, 0.25) is 0 Å². The van der Waals surface area contributed by atoms with Crippen molar-refractivity contribution < 1.29 is 9.36 Å². The Morgan fingerprint density at radius 1 is 0.759 bits per heavy atom. The smallest absolute Gasteiger partial charge is 0.221 e. The highest BCUT2D eigenvalue weighted by Crippen LogP contribution is 2.57. The molecule has 4 heteroatoms. The van der Waals surface area contributed by atoms with Gasteiger partial charge in [-0.2, -0.15) is 0 Å². The van der Waals surface area contributed by atoms with Crippen LogP contribution < -0.4 is 15.9 Å². The Hall–Kier alpha value is -3.12. The third-order valence-corrected chi connectivity index (χ3v) is 7.45. The molecule has 0 spiro atoms. The molecule has 0 bridgehead atoms. The number of benzene rings is 3. The Balaban J connectivity index is 2.40. The first-order valence-electron chi connectivity index (χ1n) is 9.46. The maximum atomic E-state index is 14.9. The molecular formula is C25H24NO2P. The van der Waals surface area contributed by atoms with Gasteiger partial charge in [0.25, 0.3) is 0 Å². The van der Waals surface area contributed by atoms with Gasteiger partial charge >= 0.3 is 0 Å². The molecule has 29 heavy (non-hydrogen) atoms. The molecule has 1 amide bonds. The summed E-state index contributed by atoms with van der Waals surface area (Å²) in [6, 6.07) is 26.4. The molecule has 0 aliphatic carbocycles. The number of para-hydroxylation sites is 1. The van der Waals surface area contributed by atoms with Crippen molar-refractivity contribution in [2.45, 2.75) is 20.8 Å². The number of hydrogen-bond donors (Lipinski definition) is 1. The second kappa shape index (κ2) is 8.92. The van der Waals surface area contributed by atoms with Crippen LogP contribution in [0.3, 0.4) is 0 Å². The second-order valence-corrected chi connectivity index (χ2v) is 9.68. The predicted octanol–water partition coefficient (Wildman–Crippen LogP) is 5.57. The molecule has 0 saturated heterocycles. The first-order valence-corrected chi connectivity index (χ1v) is 11.2. The van der Waals surface area contributed by atoms with Gasteiger partial charge in [-0.1, -0.05) is 78.9 Å². The molecule has 0 aliphatic rings. The van der Waals surface area contributed by atoms with Gasteiger partial charge in [0, 0.05) is 28.8 Å². The first kappa shape index (κ1) is 20.6. The van der Waals surface area contributed by atoms with E-state index in [0.717, 1.165) is 16.2 Å². The Morgan fingerprint density at radius 3 is 1.72 bits per heavy atom. The Labute approximate surface area is 172 Å². The van der Waals surface area contributed by atoms with Crippen LogP contribution in [0.1, 0.15) is 26.3 Å². The Morgan fingerprint density at radius 2 is 1.24 bits per heavy atom. The summed E-state index contributed by atoms with van der Waals surface area (Å²) in [4.78, 5) is 11.8. The summed E-state index contributed by atoms with van der Waals surface area (Å²) < 4.78 is 14.9. The van der Waals surface area contributed by atoms with Crippen LogP contribution in [0.15, 0.2) is 96.2 Å². The monoisotopic (exact) mass is 401 g/mol. The van der Waals surface area contributed by atoms with Crippen LogP contribution >= 0.6 is 7.14 Å². The summed E-state index contributed by atoms with van der Waals surface area (Å²) in [7, 11) is -3.25. The zero-order valence-corrected chi connectivity index (χ0v) is 17.7. The lowest BCUT2D eigenvalue weighted by Crippen LogP contribution is -2.17. The zero-order chi connectivity index (χ0) is 20.9. The van der Waals surface area contributed by atoms with Gasteiger partial charge in [0.2, 0.25) is 5.91 Å². The lowest BCUT2D eigenvalue weighted by atomic mass is 10.1. The highest BCUT2D eigenvalue weighted by Gasteiger charge is 2.34. The quantitative estimate of drug-likeness (QED) is 0.449. The van der Waals surface area contributed by atoms with Crippen molar-refractivity contribution in [1.29, 1.82) is 0 Å². The van der Waals surface area contributed by atoms with Crippen molar-refractivity contribution in [3.05, 3.63) is 102 Å². The van der Waals surface area contributed by atoms with Crippen molar-refractivity contribution in [3.8, 4) is 0 Å². The van der Waals surface area contributed by atoms with Gasteiger partial charge < -0.3 is 9.88 Å². The largest absolute Gasteiger partial charge is 0.326 e. The van der Waals surface area contributed by atoms with E-state index in [0.29, 0.717) is 16.6 Å². The van der Waals surface area contributed by atoms with E-state index in [9.17, 15) is 9.36 Å². The molecule has 3 aromatic carbocycles. The summed E-state index contributed by atoms with van der Waals surface area (Å²) in [6.45, 7) is 5.33. The van der Waals surface area contributed by atoms with Crippen molar-refractivity contribution in [2.24, 2.45) is 0 Å². The summed E-state index contributed by atoms with van der Waals surface area (Å²) in [5.41, 5.74) is 5.60. The van der Waals surface area contributed by atoms with Crippen molar-refractivity contribution in [2.75, 3.05) is 5.32 Å². The third-order valence-electron chi connectivity index (χ3n) is 4.42. The van der Waals surface area contributed by atoms with Crippen LogP contribution in [0.5, 0.6) is 0 Å². The van der Waals surface area contributed by atoms with Gasteiger partial charge in [-0.05, 0) is 25.5 Å². The average Bonchev–Trinajstić information content (AvgIpc) is 2.73. The number of carbonyl (C=O) groups is 1. The van der Waals surface area contributed by atoms with Gasteiger partial charge in [0.15, 0.2) is 7.14 Å². The molecule has 0 heterocycles. The maximum absolute atomic E-state index is 14.9. The molecule has 0 saturated carbocycles. The van der Waals surface area contributed by atoms with Gasteiger partial charge in [-0.15, -0.1) is 5.73 Å². The highest BCUT2D eigenvalue weighted by atomic mass is 31.2. The molecule has 3 nitrogen and oxygen atoms in total. The lowest BCUT2D eigenvalue weighted by Gasteiger charge is -2.23. The number of nitrogens with one attached hydrogen (secondary N) is 1. The summed E-state index contributed by atoms with van der Waals surface area (Å²) in [6.07, 6.45) is 0. The maximum Gasteiger partial charge on any atom is 0.221 e. The molecule has 146 valence electrons. The first-order chi connectivity index (χ1) is 13.9. The molecule has 0 fully saturated rings. The number of rotatable bonds is 5. The third kappa shape index (κ3) is 4.49. The summed E-state index contributed by atoms with van der Waals surface area (Å²) >= 11 is 0. The number of hydrogen-bond acceptors (Lipinski definition) is 2. The van der Waals surface area contributed by atoms with Crippen LogP contribution in [0.4, 0.5) is 5.69 Å². The van der Waals surface area contributed by atoms with E-state index in [1.165, 1.54) is 6.92 Å². The fourth-order valence-corrected chi connectivity index (χ4v) is 6.14. The van der Waals surface area contributed by atoms with E-state index in [1.54, 1.807) is 0 Å². The normalized spacial score (nSPS) is 10.7. The van der Waals surface area contributed by atoms with Crippen LogP contribution in [-0.4, -0.2) is 5.91 Å². The fraction of sp³-hybridized carbons (Fsp3) is 0.120. The molecule has 0 radical (unpaired) electrons. The standard InChI is InChI=1S/C25H24NO2P/c1-19(2)18-25(23-16-10-11-17-24(23)26-20(3)27)29(28,21-12-6-4-7-13-21)22-14-8-5-9-15-22/h4-17H,1-3H3,(H,26,27). The molecule has 0 unspecified atom stereocenters. The van der Waals surface area contributed by atoms with E-state index in [-0.39, 0.29) is 5.91 Å². The molecule has 3 aromatic rings. The molecule has 1 N–H and O–H groups in total. The van der Waals surface area contributed by atoms with E-state index >= 15 is 0 Å². The SMILES string of the molecule is CC(=O)Nc1ccccc1C(=C=C(C)C)P(=O)(c1ccccc1)c1ccccc1. The average molecular weight is 401 g/mol. The zero-order valence-electron chi connectivity index (χ0n) is 16.8. The van der Waals surface area contributed by atoms with Gasteiger partial charge in [-0.3, -0.25) is 4.79 Å². The number of allylic oxidation sites excluding steroid dienone is 1. The van der Waals surface area contributed by atoms with Crippen molar-refractivity contribution >= 4 is 34.7 Å². The minimum absolute atomic E-state index is 0.178. The van der Waals surface area contributed by atoms with E-state index < -0.39 is 7.14 Å². The number of anilines is 1.